The summed E-state index contributed by atoms with van der Waals surface area (Å²) in [6.07, 6.45) is 10.2. The van der Waals surface area contributed by atoms with Crippen LogP contribution in [0.3, 0.4) is 0 Å². The molecule has 1 aliphatic carbocycles. The maximum Gasteiger partial charge on any atom is 0.408 e. The van der Waals surface area contributed by atoms with Crippen molar-refractivity contribution < 1.29 is 19.1 Å². The number of benzene rings is 1. The van der Waals surface area contributed by atoms with Crippen LogP contribution in [-0.2, 0) is 14.3 Å². The van der Waals surface area contributed by atoms with Crippen LogP contribution in [0.5, 0.6) is 0 Å². The molecule has 1 fully saturated rings. The van der Waals surface area contributed by atoms with Gasteiger partial charge in [0.1, 0.15) is 17.7 Å². The summed E-state index contributed by atoms with van der Waals surface area (Å²) in [7, 11) is 0. The van der Waals surface area contributed by atoms with Crippen molar-refractivity contribution >= 4 is 17.9 Å². The molecule has 2 atom stereocenters. The van der Waals surface area contributed by atoms with Crippen LogP contribution in [0.4, 0.5) is 4.79 Å². The Hall–Kier alpha value is -3.01. The third-order valence-electron chi connectivity index (χ3n) is 5.80. The molecule has 2 N–H and O–H groups in total. The number of terminal acetylenes is 1. The minimum absolute atomic E-state index is 0.0724. The molecule has 2 unspecified atom stereocenters. The van der Waals surface area contributed by atoms with Gasteiger partial charge >= 0.3 is 6.09 Å². The number of alkyl carbamates (subject to hydrolysis) is 1. The van der Waals surface area contributed by atoms with E-state index in [4.69, 9.17) is 11.2 Å². The second kappa shape index (κ2) is 11.9. The second-order valence-corrected chi connectivity index (χ2v) is 10.2. The molecule has 7 heteroatoms. The molecule has 0 bridgehead atoms. The van der Waals surface area contributed by atoms with Crippen molar-refractivity contribution in [3.63, 3.8) is 0 Å². The van der Waals surface area contributed by atoms with Gasteiger partial charge in [-0.2, -0.15) is 0 Å². The lowest BCUT2D eigenvalue weighted by molar-refractivity contribution is -0.144. The zero-order valence-corrected chi connectivity index (χ0v) is 21.3. The number of hydrogen-bond donors (Lipinski definition) is 2. The highest BCUT2D eigenvalue weighted by molar-refractivity contribution is 5.92. The normalized spacial score (nSPS) is 16.2. The largest absolute Gasteiger partial charge is 0.444 e. The number of ether oxygens (including phenoxy) is 1. The zero-order valence-electron chi connectivity index (χ0n) is 21.3. The molecule has 1 saturated carbocycles. The van der Waals surface area contributed by atoms with Gasteiger partial charge in [-0.1, -0.05) is 43.4 Å². The summed E-state index contributed by atoms with van der Waals surface area (Å²) in [5.74, 6) is 1.99. The van der Waals surface area contributed by atoms with Crippen molar-refractivity contribution in [2.45, 2.75) is 103 Å². The highest BCUT2D eigenvalue weighted by Crippen LogP contribution is 2.28. The van der Waals surface area contributed by atoms with E-state index in [1.807, 2.05) is 26.0 Å². The summed E-state index contributed by atoms with van der Waals surface area (Å²) < 4.78 is 5.30. The van der Waals surface area contributed by atoms with E-state index in [0.29, 0.717) is 11.1 Å². The molecule has 2 rings (SSSR count). The van der Waals surface area contributed by atoms with E-state index in [-0.39, 0.29) is 18.0 Å². The molecule has 0 saturated heterocycles. The van der Waals surface area contributed by atoms with Crippen LogP contribution in [0.1, 0.15) is 90.8 Å². The minimum Gasteiger partial charge on any atom is -0.444 e. The van der Waals surface area contributed by atoms with E-state index in [9.17, 15) is 14.4 Å². The predicted octanol–water partition coefficient (Wildman–Crippen LogP) is 4.31. The quantitative estimate of drug-likeness (QED) is 0.583. The first-order chi connectivity index (χ1) is 15.9. The van der Waals surface area contributed by atoms with Crippen molar-refractivity contribution in [1.82, 2.24) is 15.5 Å². The van der Waals surface area contributed by atoms with Crippen LogP contribution in [0.25, 0.3) is 0 Å². The molecule has 1 aromatic rings. The summed E-state index contributed by atoms with van der Waals surface area (Å²) in [6, 6.07) is 5.08. The molecule has 0 spiro atoms. The lowest BCUT2D eigenvalue weighted by Crippen LogP contribution is -2.55. The number of rotatable bonds is 7. The molecule has 0 aromatic heterocycles. The fraction of sp³-hybridized carbons (Fsp3) is 0.593. The SMILES string of the molecule is C#Cc1ccccc1C(C(=O)NC1CCCCC1)N(C(=O)C(C)NC(=O)OC(C)(C)C)C(C)C. The average Bonchev–Trinajstić information content (AvgIpc) is 2.75. The highest BCUT2D eigenvalue weighted by Gasteiger charge is 2.38. The first-order valence-electron chi connectivity index (χ1n) is 12.1. The van der Waals surface area contributed by atoms with Gasteiger partial charge in [-0.25, -0.2) is 4.79 Å². The Morgan fingerprint density at radius 1 is 1.09 bits per heavy atom. The topological polar surface area (TPSA) is 87.7 Å². The van der Waals surface area contributed by atoms with Crippen LogP contribution in [0.15, 0.2) is 24.3 Å². The van der Waals surface area contributed by atoms with Crippen LogP contribution in [-0.4, -0.2) is 46.5 Å². The van der Waals surface area contributed by atoms with E-state index in [2.05, 4.69) is 16.6 Å². The van der Waals surface area contributed by atoms with Gasteiger partial charge in [0.05, 0.1) is 0 Å². The van der Waals surface area contributed by atoms with Crippen molar-refractivity contribution in [3.8, 4) is 12.3 Å². The molecule has 186 valence electrons. The number of carbonyl (C=O) groups is 3. The van der Waals surface area contributed by atoms with Crippen molar-refractivity contribution in [1.29, 1.82) is 0 Å². The van der Waals surface area contributed by atoms with Gasteiger partial charge in [0.25, 0.3) is 0 Å². The van der Waals surface area contributed by atoms with Gasteiger partial charge in [-0.3, -0.25) is 9.59 Å². The first kappa shape index (κ1) is 27.2. The lowest BCUT2D eigenvalue weighted by atomic mass is 9.93. The van der Waals surface area contributed by atoms with E-state index in [1.54, 1.807) is 39.8 Å². The minimum atomic E-state index is -0.926. The molecule has 34 heavy (non-hydrogen) atoms. The summed E-state index contributed by atoms with van der Waals surface area (Å²) in [6.45, 7) is 10.5. The van der Waals surface area contributed by atoms with Crippen LogP contribution < -0.4 is 10.6 Å². The Morgan fingerprint density at radius 3 is 2.26 bits per heavy atom. The highest BCUT2D eigenvalue weighted by atomic mass is 16.6. The third-order valence-corrected chi connectivity index (χ3v) is 5.80. The Morgan fingerprint density at radius 2 is 1.71 bits per heavy atom. The van der Waals surface area contributed by atoms with Crippen molar-refractivity contribution in [3.05, 3.63) is 35.4 Å². The van der Waals surface area contributed by atoms with Crippen molar-refractivity contribution in [2.24, 2.45) is 0 Å². The second-order valence-electron chi connectivity index (χ2n) is 10.2. The molecular formula is C27H39N3O4. The van der Waals surface area contributed by atoms with E-state index >= 15 is 0 Å². The Labute approximate surface area is 204 Å². The van der Waals surface area contributed by atoms with Crippen LogP contribution in [0.2, 0.25) is 0 Å². The number of amides is 3. The van der Waals surface area contributed by atoms with E-state index in [1.165, 1.54) is 11.3 Å². The summed E-state index contributed by atoms with van der Waals surface area (Å²) in [5, 5.41) is 5.76. The first-order valence-corrected chi connectivity index (χ1v) is 12.1. The molecule has 3 amide bonds. The maximum absolute atomic E-state index is 13.7. The molecule has 0 radical (unpaired) electrons. The molecule has 0 heterocycles. The smallest absolute Gasteiger partial charge is 0.408 e. The van der Waals surface area contributed by atoms with Gasteiger partial charge in [0.15, 0.2) is 0 Å². The molecule has 0 aliphatic heterocycles. The Bertz CT molecular complexity index is 907. The van der Waals surface area contributed by atoms with Crippen LogP contribution >= 0.6 is 0 Å². The van der Waals surface area contributed by atoms with Crippen LogP contribution in [0, 0.1) is 12.3 Å². The summed E-state index contributed by atoms with van der Waals surface area (Å²) in [4.78, 5) is 41.1. The van der Waals surface area contributed by atoms with Gasteiger partial charge in [0.2, 0.25) is 11.8 Å². The van der Waals surface area contributed by atoms with E-state index < -0.39 is 29.7 Å². The number of carbonyl (C=O) groups excluding carboxylic acids is 3. The molecular weight excluding hydrogens is 430 g/mol. The standard InChI is InChI=1S/C27H39N3O4/c1-8-20-14-12-13-17-22(20)23(24(31)29-21-15-10-9-11-16-21)30(18(2)3)25(32)19(4)28-26(33)34-27(5,6)7/h1,12-14,17-19,21,23H,9-11,15-16H2,2-7H3,(H,28,33)(H,29,31). The Balaban J connectivity index is 2.39. The fourth-order valence-electron chi connectivity index (χ4n) is 4.26. The fourth-order valence-corrected chi connectivity index (χ4v) is 4.26. The van der Waals surface area contributed by atoms with Gasteiger partial charge in [-0.15, -0.1) is 6.42 Å². The van der Waals surface area contributed by atoms with Gasteiger partial charge < -0.3 is 20.3 Å². The number of nitrogens with one attached hydrogen (secondary N) is 2. The molecule has 1 aromatic carbocycles. The summed E-state index contributed by atoms with van der Waals surface area (Å²) in [5.41, 5.74) is 0.445. The molecule has 7 nitrogen and oxygen atoms in total. The molecule has 1 aliphatic rings. The Kier molecular flexibility index (Phi) is 9.55. The van der Waals surface area contributed by atoms with E-state index in [0.717, 1.165) is 25.7 Å². The zero-order chi connectivity index (χ0) is 25.5. The number of hydrogen-bond acceptors (Lipinski definition) is 4. The summed E-state index contributed by atoms with van der Waals surface area (Å²) >= 11 is 0. The van der Waals surface area contributed by atoms with Gasteiger partial charge in [-0.05, 0) is 66.0 Å². The predicted molar refractivity (Wildman–Crippen MR) is 133 cm³/mol. The third kappa shape index (κ3) is 7.51. The lowest BCUT2D eigenvalue weighted by Gasteiger charge is -2.38. The van der Waals surface area contributed by atoms with Crippen molar-refractivity contribution in [2.75, 3.05) is 0 Å². The average molecular weight is 470 g/mol. The maximum atomic E-state index is 13.7. The van der Waals surface area contributed by atoms with Gasteiger partial charge in [0, 0.05) is 17.6 Å². The monoisotopic (exact) mass is 469 g/mol. The number of nitrogens with zero attached hydrogens (tertiary/aromatic N) is 1.